The van der Waals surface area contributed by atoms with Gasteiger partial charge >= 0.3 is 12.2 Å². The van der Waals surface area contributed by atoms with Crippen molar-refractivity contribution in [1.29, 1.82) is 0 Å². The van der Waals surface area contributed by atoms with Gasteiger partial charge in [0.05, 0.1) is 25.4 Å². The number of ether oxygens (including phenoxy) is 1. The number of amides is 3. The fraction of sp³-hybridized carbons (Fsp3) is 0.348. The molecule has 2 aromatic rings. The van der Waals surface area contributed by atoms with Gasteiger partial charge in [-0.3, -0.25) is 4.79 Å². The Morgan fingerprint density at radius 3 is 2.71 bits per heavy atom. The molecule has 0 spiro atoms. The lowest BCUT2D eigenvalue weighted by Crippen LogP contribution is -2.47. The summed E-state index contributed by atoms with van der Waals surface area (Å²) in [5, 5.41) is 2.45. The Morgan fingerprint density at radius 2 is 2.06 bits per heavy atom. The minimum atomic E-state index is -4.63. The number of likely N-dealkylation sites (tertiary alicyclic amines) is 1. The summed E-state index contributed by atoms with van der Waals surface area (Å²) < 4.78 is 72.6. The van der Waals surface area contributed by atoms with Gasteiger partial charge < -0.3 is 19.9 Å². The van der Waals surface area contributed by atoms with Crippen molar-refractivity contribution in [3.05, 3.63) is 58.8 Å². The van der Waals surface area contributed by atoms with E-state index in [0.29, 0.717) is 17.6 Å². The first-order chi connectivity index (χ1) is 16.6. The molecule has 0 saturated carbocycles. The second-order valence-corrected chi connectivity index (χ2v) is 8.62. The fourth-order valence-corrected chi connectivity index (χ4v) is 4.89. The van der Waals surface area contributed by atoms with Crippen molar-refractivity contribution in [3.8, 4) is 5.88 Å². The number of rotatable bonds is 4. The molecule has 12 heteroatoms. The Morgan fingerprint density at radius 1 is 1.29 bits per heavy atom. The van der Waals surface area contributed by atoms with Crippen molar-refractivity contribution in [2.45, 2.75) is 25.2 Å². The molecule has 1 saturated heterocycles. The predicted octanol–water partition coefficient (Wildman–Crippen LogP) is 4.05. The predicted molar refractivity (Wildman–Crippen MR) is 113 cm³/mol. The molecule has 3 aliphatic rings. The van der Waals surface area contributed by atoms with Gasteiger partial charge in [0.1, 0.15) is 12.1 Å². The lowest BCUT2D eigenvalue weighted by atomic mass is 9.95. The Bertz CT molecular complexity index is 1260. The van der Waals surface area contributed by atoms with E-state index < -0.39 is 41.2 Å². The van der Waals surface area contributed by atoms with Crippen LogP contribution in [0.4, 0.5) is 32.4 Å². The number of halogens is 5. The number of hydrogen-bond donors (Lipinski definition) is 1. The van der Waals surface area contributed by atoms with Crippen molar-refractivity contribution in [1.82, 2.24) is 14.8 Å². The van der Waals surface area contributed by atoms with Crippen molar-refractivity contribution < 1.29 is 36.3 Å². The van der Waals surface area contributed by atoms with Crippen LogP contribution >= 0.6 is 0 Å². The van der Waals surface area contributed by atoms with Crippen molar-refractivity contribution in [3.63, 3.8) is 0 Å². The van der Waals surface area contributed by atoms with Crippen LogP contribution in [0.25, 0.3) is 5.57 Å². The Balaban J connectivity index is 1.31. The van der Waals surface area contributed by atoms with Gasteiger partial charge in [0.15, 0.2) is 11.6 Å². The lowest BCUT2D eigenvalue weighted by Gasteiger charge is -2.32. The van der Waals surface area contributed by atoms with Gasteiger partial charge in [0.2, 0.25) is 11.8 Å². The Labute approximate surface area is 196 Å². The fourth-order valence-electron chi connectivity index (χ4n) is 4.89. The van der Waals surface area contributed by atoms with Gasteiger partial charge in [-0.1, -0.05) is 6.08 Å². The quantitative estimate of drug-likeness (QED) is 0.651. The van der Waals surface area contributed by atoms with Crippen LogP contribution in [0.5, 0.6) is 5.88 Å². The van der Waals surface area contributed by atoms with E-state index in [9.17, 15) is 31.5 Å². The second kappa shape index (κ2) is 8.21. The molecule has 7 nitrogen and oxygen atoms in total. The zero-order valence-corrected chi connectivity index (χ0v) is 18.3. The average molecular weight is 494 g/mol. The molecule has 0 unspecified atom stereocenters. The molecule has 1 aliphatic carbocycles. The van der Waals surface area contributed by atoms with Crippen molar-refractivity contribution in [2.75, 3.05) is 25.5 Å². The van der Waals surface area contributed by atoms with Gasteiger partial charge in [-0.25, -0.2) is 18.6 Å². The van der Waals surface area contributed by atoms with Gasteiger partial charge in [-0.15, -0.1) is 0 Å². The molecule has 2 aliphatic heterocycles. The molecule has 1 aromatic heterocycles. The van der Waals surface area contributed by atoms with Crippen LogP contribution in [0.2, 0.25) is 0 Å². The topological polar surface area (TPSA) is 74.8 Å². The molecule has 35 heavy (non-hydrogen) atoms. The van der Waals surface area contributed by atoms with Gasteiger partial charge in [0.25, 0.3) is 0 Å². The standard InChI is InChI=1S/C23H19F5N4O3/c1-35-21-16(23(26,27)28)5-11(7-29-21)14-6-13-4-12(14)8-32(13)19(33)10-31-9-15-18(30-22(31)34)3-2-17(24)20(15)25/h2-3,5-7,12-13H,4,8-10H2,1H3,(H,30,34)/t12-,13-/m0/s1. The van der Waals surface area contributed by atoms with Crippen LogP contribution in [-0.4, -0.2) is 53.0 Å². The van der Waals surface area contributed by atoms with E-state index in [1.54, 1.807) is 11.0 Å². The molecule has 2 atom stereocenters. The van der Waals surface area contributed by atoms with E-state index in [-0.39, 0.29) is 42.8 Å². The number of aromatic nitrogens is 1. The molecule has 1 aromatic carbocycles. The number of methoxy groups -OCH3 is 1. The first-order valence-electron chi connectivity index (χ1n) is 10.7. The van der Waals surface area contributed by atoms with Crippen LogP contribution in [0.1, 0.15) is 23.1 Å². The maximum absolute atomic E-state index is 14.2. The summed E-state index contributed by atoms with van der Waals surface area (Å²) in [6.07, 6.45) is -1.06. The van der Waals surface area contributed by atoms with Crippen molar-refractivity contribution in [2.24, 2.45) is 5.92 Å². The molecule has 1 fully saturated rings. The minimum Gasteiger partial charge on any atom is -0.481 e. The maximum atomic E-state index is 14.2. The molecular weight excluding hydrogens is 475 g/mol. The third-order valence-corrected chi connectivity index (χ3v) is 6.56. The first kappa shape index (κ1) is 23.1. The normalized spacial score (nSPS) is 21.1. The monoisotopic (exact) mass is 494 g/mol. The van der Waals surface area contributed by atoms with Crippen LogP contribution in [0, 0.1) is 17.6 Å². The molecule has 1 N–H and O–H groups in total. The molecule has 0 radical (unpaired) electrons. The molecule has 184 valence electrons. The molecule has 3 amide bonds. The Kier molecular flexibility index (Phi) is 5.41. The molecule has 2 bridgehead atoms. The number of carbonyl (C=O) groups is 2. The molecule has 3 heterocycles. The van der Waals surface area contributed by atoms with Gasteiger partial charge in [0, 0.05) is 24.2 Å². The third kappa shape index (κ3) is 3.96. The number of fused-ring (bicyclic) bond motifs is 3. The number of nitrogens with one attached hydrogen (secondary N) is 1. The smallest absolute Gasteiger partial charge is 0.421 e. The average Bonchev–Trinajstić information content (AvgIpc) is 3.43. The highest BCUT2D eigenvalue weighted by Gasteiger charge is 2.43. The summed E-state index contributed by atoms with van der Waals surface area (Å²) >= 11 is 0. The Hall–Kier alpha value is -3.70. The lowest BCUT2D eigenvalue weighted by molar-refractivity contribution is -0.139. The SMILES string of the molecule is COc1ncc(C2=C[C@@H]3C[C@H]2CN3C(=O)CN2Cc3c(ccc(F)c3F)NC2=O)cc1C(F)(F)F. The number of urea groups is 1. The van der Waals surface area contributed by atoms with E-state index in [2.05, 4.69) is 10.3 Å². The second-order valence-electron chi connectivity index (χ2n) is 8.62. The highest BCUT2D eigenvalue weighted by Crippen LogP contribution is 2.44. The van der Waals surface area contributed by atoms with Crippen LogP contribution in [0.3, 0.4) is 0 Å². The highest BCUT2D eigenvalue weighted by molar-refractivity contribution is 5.95. The summed E-state index contributed by atoms with van der Waals surface area (Å²) in [5.74, 6) is -3.24. The van der Waals surface area contributed by atoms with Crippen molar-refractivity contribution >= 4 is 23.2 Å². The van der Waals surface area contributed by atoms with Crippen LogP contribution < -0.4 is 10.1 Å². The highest BCUT2D eigenvalue weighted by atomic mass is 19.4. The molecular formula is C23H19F5N4O3. The van der Waals surface area contributed by atoms with E-state index >= 15 is 0 Å². The third-order valence-electron chi connectivity index (χ3n) is 6.56. The largest absolute Gasteiger partial charge is 0.481 e. The van der Waals surface area contributed by atoms with Crippen LogP contribution in [-0.2, 0) is 17.5 Å². The number of benzene rings is 1. The number of carbonyl (C=O) groups excluding carboxylic acids is 2. The van der Waals surface area contributed by atoms with Crippen LogP contribution in [0.15, 0.2) is 30.5 Å². The first-order valence-corrected chi connectivity index (χ1v) is 10.7. The number of pyridine rings is 1. The summed E-state index contributed by atoms with van der Waals surface area (Å²) in [6.45, 7) is -0.356. The summed E-state index contributed by atoms with van der Waals surface area (Å²) in [6, 6.07) is 2.20. The van der Waals surface area contributed by atoms with E-state index in [0.717, 1.165) is 24.1 Å². The zero-order chi connectivity index (χ0) is 25.1. The van der Waals surface area contributed by atoms with Gasteiger partial charge in [-0.2, -0.15) is 13.2 Å². The maximum Gasteiger partial charge on any atom is 0.421 e. The molecule has 5 rings (SSSR count). The van der Waals surface area contributed by atoms with E-state index in [1.807, 2.05) is 0 Å². The summed E-state index contributed by atoms with van der Waals surface area (Å²) in [7, 11) is 1.11. The number of nitrogens with zero attached hydrogens (tertiary/aromatic N) is 3. The van der Waals surface area contributed by atoms with Gasteiger partial charge in [-0.05, 0) is 35.8 Å². The van der Waals surface area contributed by atoms with E-state index in [4.69, 9.17) is 4.74 Å². The summed E-state index contributed by atoms with van der Waals surface area (Å²) in [4.78, 5) is 31.8. The number of hydrogen-bond acceptors (Lipinski definition) is 4. The zero-order valence-electron chi connectivity index (χ0n) is 18.3. The summed E-state index contributed by atoms with van der Waals surface area (Å²) in [5.41, 5.74) is 0.102. The minimum absolute atomic E-state index is 0.0463. The number of alkyl halides is 3. The van der Waals surface area contributed by atoms with E-state index in [1.165, 1.54) is 12.3 Å². The number of anilines is 1.